The van der Waals surface area contributed by atoms with Crippen molar-refractivity contribution in [2.24, 2.45) is 5.73 Å². The summed E-state index contributed by atoms with van der Waals surface area (Å²) in [4.78, 5) is 8.16. The molecule has 0 amide bonds. The lowest BCUT2D eigenvalue weighted by Crippen LogP contribution is -2.26. The van der Waals surface area contributed by atoms with Gasteiger partial charge in [0.1, 0.15) is 5.82 Å². The lowest BCUT2D eigenvalue weighted by atomic mass is 9.86. The van der Waals surface area contributed by atoms with Gasteiger partial charge < -0.3 is 15.5 Å². The van der Waals surface area contributed by atoms with Crippen molar-refractivity contribution in [1.29, 1.82) is 0 Å². The normalized spacial score (nSPS) is 30.5. The molecule has 2 fully saturated rings. The van der Waals surface area contributed by atoms with Crippen molar-refractivity contribution in [2.45, 2.75) is 56.4 Å². The quantitative estimate of drug-likeness (QED) is 0.845. The molecule has 2 heterocycles. The third kappa shape index (κ3) is 2.59. The molecule has 100 valence electrons. The lowest BCUT2D eigenvalue weighted by molar-refractivity contribution is 0.0845. The van der Waals surface area contributed by atoms with E-state index >= 15 is 0 Å². The van der Waals surface area contributed by atoms with Gasteiger partial charge in [-0.2, -0.15) is 0 Å². The lowest BCUT2D eigenvalue weighted by Gasteiger charge is -2.24. The molecule has 1 aromatic heterocycles. The standard InChI is InChI=1S/C14H23N3O/c15-12-3-1-11(2-4-12)14-16-9-13(17-14)10-5-7-18-8-6-10/h9-12H,1-8,15H2,(H,16,17). The number of hydrogen-bond acceptors (Lipinski definition) is 3. The van der Waals surface area contributed by atoms with E-state index in [2.05, 4.69) is 9.97 Å². The molecule has 3 rings (SSSR count). The van der Waals surface area contributed by atoms with Gasteiger partial charge in [-0.25, -0.2) is 4.98 Å². The van der Waals surface area contributed by atoms with Gasteiger partial charge in [0.15, 0.2) is 0 Å². The molecule has 1 saturated carbocycles. The van der Waals surface area contributed by atoms with E-state index in [1.807, 2.05) is 6.20 Å². The minimum Gasteiger partial charge on any atom is -0.381 e. The fourth-order valence-corrected chi connectivity index (χ4v) is 3.17. The van der Waals surface area contributed by atoms with E-state index in [9.17, 15) is 0 Å². The summed E-state index contributed by atoms with van der Waals surface area (Å²) in [6, 6.07) is 0.408. The highest BCUT2D eigenvalue weighted by atomic mass is 16.5. The third-order valence-electron chi connectivity index (χ3n) is 4.43. The van der Waals surface area contributed by atoms with Crippen LogP contribution in [0.3, 0.4) is 0 Å². The van der Waals surface area contributed by atoms with Crippen LogP contribution in [-0.2, 0) is 4.74 Å². The Labute approximate surface area is 108 Å². The first-order valence-electron chi connectivity index (χ1n) is 7.21. The van der Waals surface area contributed by atoms with Crippen molar-refractivity contribution in [1.82, 2.24) is 9.97 Å². The van der Waals surface area contributed by atoms with Crippen molar-refractivity contribution in [3.8, 4) is 0 Å². The van der Waals surface area contributed by atoms with Crippen LogP contribution >= 0.6 is 0 Å². The van der Waals surface area contributed by atoms with Gasteiger partial charge in [-0.15, -0.1) is 0 Å². The van der Waals surface area contributed by atoms with Crippen LogP contribution < -0.4 is 5.73 Å². The van der Waals surface area contributed by atoms with Crippen LogP contribution in [-0.4, -0.2) is 29.2 Å². The van der Waals surface area contributed by atoms with Crippen molar-refractivity contribution in [3.05, 3.63) is 17.7 Å². The van der Waals surface area contributed by atoms with Gasteiger partial charge in [0.2, 0.25) is 0 Å². The summed E-state index contributed by atoms with van der Waals surface area (Å²) in [5.74, 6) is 2.40. The second-order valence-electron chi connectivity index (χ2n) is 5.72. The van der Waals surface area contributed by atoms with Gasteiger partial charge in [-0.05, 0) is 38.5 Å². The molecule has 4 nitrogen and oxygen atoms in total. The van der Waals surface area contributed by atoms with E-state index in [0.29, 0.717) is 17.9 Å². The Hall–Kier alpha value is -0.870. The van der Waals surface area contributed by atoms with Gasteiger partial charge in [0.05, 0.1) is 0 Å². The molecule has 0 bridgehead atoms. The summed E-state index contributed by atoms with van der Waals surface area (Å²) >= 11 is 0. The number of nitrogens with one attached hydrogen (secondary N) is 1. The van der Waals surface area contributed by atoms with Crippen LogP contribution in [0, 0.1) is 0 Å². The molecule has 0 spiro atoms. The molecule has 0 radical (unpaired) electrons. The summed E-state index contributed by atoms with van der Waals surface area (Å²) in [5.41, 5.74) is 7.26. The van der Waals surface area contributed by atoms with Gasteiger partial charge in [-0.3, -0.25) is 0 Å². The van der Waals surface area contributed by atoms with E-state index in [4.69, 9.17) is 10.5 Å². The smallest absolute Gasteiger partial charge is 0.109 e. The average molecular weight is 249 g/mol. The number of nitrogens with two attached hydrogens (primary N) is 1. The maximum atomic E-state index is 5.95. The number of hydrogen-bond donors (Lipinski definition) is 2. The molecule has 18 heavy (non-hydrogen) atoms. The Morgan fingerprint density at radius 2 is 1.78 bits per heavy atom. The van der Waals surface area contributed by atoms with Crippen molar-refractivity contribution in [3.63, 3.8) is 0 Å². The van der Waals surface area contributed by atoms with Crippen LogP contribution in [0.25, 0.3) is 0 Å². The number of ether oxygens (including phenoxy) is 1. The molecule has 2 aliphatic rings. The molecule has 4 heteroatoms. The molecule has 3 N–H and O–H groups in total. The van der Waals surface area contributed by atoms with Crippen molar-refractivity contribution >= 4 is 0 Å². The van der Waals surface area contributed by atoms with Crippen LogP contribution in [0.2, 0.25) is 0 Å². The largest absolute Gasteiger partial charge is 0.381 e. The number of aromatic amines is 1. The first-order chi connectivity index (χ1) is 8.83. The zero-order valence-electron chi connectivity index (χ0n) is 10.9. The maximum Gasteiger partial charge on any atom is 0.109 e. The average Bonchev–Trinajstić information content (AvgIpc) is 2.90. The Morgan fingerprint density at radius 1 is 1.06 bits per heavy atom. The number of rotatable bonds is 2. The Bertz CT molecular complexity index is 376. The fourth-order valence-electron chi connectivity index (χ4n) is 3.17. The zero-order chi connectivity index (χ0) is 12.4. The van der Waals surface area contributed by atoms with E-state index in [-0.39, 0.29) is 0 Å². The monoisotopic (exact) mass is 249 g/mol. The number of aromatic nitrogens is 2. The van der Waals surface area contributed by atoms with E-state index in [0.717, 1.165) is 38.9 Å². The van der Waals surface area contributed by atoms with Crippen LogP contribution in [0.1, 0.15) is 61.9 Å². The van der Waals surface area contributed by atoms with Crippen molar-refractivity contribution in [2.75, 3.05) is 13.2 Å². The number of nitrogens with zero attached hydrogens (tertiary/aromatic N) is 1. The fraction of sp³-hybridized carbons (Fsp3) is 0.786. The third-order valence-corrected chi connectivity index (χ3v) is 4.43. The minimum absolute atomic E-state index is 0.408. The second-order valence-corrected chi connectivity index (χ2v) is 5.72. The Morgan fingerprint density at radius 3 is 2.50 bits per heavy atom. The summed E-state index contributed by atoms with van der Waals surface area (Å²) in [6.45, 7) is 1.77. The van der Waals surface area contributed by atoms with Gasteiger partial charge in [0.25, 0.3) is 0 Å². The molecule has 0 aromatic carbocycles. The Kier molecular flexibility index (Phi) is 3.66. The number of imidazole rings is 1. The summed E-state index contributed by atoms with van der Waals surface area (Å²) < 4.78 is 5.41. The van der Waals surface area contributed by atoms with E-state index in [1.165, 1.54) is 24.4 Å². The molecule has 0 unspecified atom stereocenters. The SMILES string of the molecule is NC1CCC(c2ncc(C3CCOCC3)[nH]2)CC1. The second kappa shape index (κ2) is 5.41. The van der Waals surface area contributed by atoms with Crippen LogP contribution in [0.5, 0.6) is 0 Å². The van der Waals surface area contributed by atoms with Gasteiger partial charge in [-0.1, -0.05) is 0 Å². The zero-order valence-corrected chi connectivity index (χ0v) is 10.9. The molecular weight excluding hydrogens is 226 g/mol. The van der Waals surface area contributed by atoms with E-state index in [1.54, 1.807) is 0 Å². The molecule has 1 aliphatic heterocycles. The maximum absolute atomic E-state index is 5.95. The molecular formula is C14H23N3O. The minimum atomic E-state index is 0.408. The van der Waals surface area contributed by atoms with Crippen LogP contribution in [0.4, 0.5) is 0 Å². The predicted octanol–water partition coefficient (Wildman–Crippen LogP) is 2.29. The molecule has 1 aliphatic carbocycles. The first kappa shape index (κ1) is 12.2. The van der Waals surface area contributed by atoms with Gasteiger partial charge >= 0.3 is 0 Å². The Balaban J connectivity index is 1.65. The molecule has 1 saturated heterocycles. The summed E-state index contributed by atoms with van der Waals surface area (Å²) in [5, 5.41) is 0. The van der Waals surface area contributed by atoms with Gasteiger partial charge in [0, 0.05) is 43.0 Å². The number of H-pyrrole nitrogens is 1. The molecule has 1 aromatic rings. The topological polar surface area (TPSA) is 63.9 Å². The summed E-state index contributed by atoms with van der Waals surface area (Å²) in [6.07, 6.45) is 8.92. The highest BCUT2D eigenvalue weighted by Crippen LogP contribution is 2.32. The predicted molar refractivity (Wildman–Crippen MR) is 70.6 cm³/mol. The van der Waals surface area contributed by atoms with Crippen LogP contribution in [0.15, 0.2) is 6.20 Å². The first-order valence-corrected chi connectivity index (χ1v) is 7.21. The van der Waals surface area contributed by atoms with Crippen molar-refractivity contribution < 1.29 is 4.74 Å². The summed E-state index contributed by atoms with van der Waals surface area (Å²) in [7, 11) is 0. The van der Waals surface area contributed by atoms with E-state index < -0.39 is 0 Å². The highest BCUT2D eigenvalue weighted by molar-refractivity contribution is 5.11. The molecule has 0 atom stereocenters. The highest BCUT2D eigenvalue weighted by Gasteiger charge is 2.24.